The quantitative estimate of drug-likeness (QED) is 0.607. The lowest BCUT2D eigenvalue weighted by Gasteiger charge is -2.07. The lowest BCUT2D eigenvalue weighted by Crippen LogP contribution is -2.14. The van der Waals surface area contributed by atoms with Crippen LogP contribution in [0.15, 0.2) is 0 Å². The van der Waals surface area contributed by atoms with E-state index in [1.807, 2.05) is 0 Å². The molecule has 1 heterocycles. The molecule has 1 rings (SSSR count). The van der Waals surface area contributed by atoms with Crippen molar-refractivity contribution in [1.29, 1.82) is 0 Å². The van der Waals surface area contributed by atoms with Gasteiger partial charge in [-0.3, -0.25) is 4.39 Å². The third kappa shape index (κ3) is 3.68. The maximum atomic E-state index is 11.6. The molecule has 0 aliphatic carbocycles. The van der Waals surface area contributed by atoms with Crippen molar-refractivity contribution in [3.05, 3.63) is 0 Å². The third-order valence-electron chi connectivity index (χ3n) is 1.94. The average molecular weight is 161 g/mol. The minimum absolute atomic E-state index is 0.261. The Morgan fingerprint density at radius 1 is 1.55 bits per heavy atom. The number of ether oxygens (including phenoxy) is 1. The summed E-state index contributed by atoms with van der Waals surface area (Å²) < 4.78 is 16.9. The van der Waals surface area contributed by atoms with E-state index in [9.17, 15) is 4.39 Å². The first-order chi connectivity index (χ1) is 5.43. The molecule has 66 valence electrons. The van der Waals surface area contributed by atoms with Crippen molar-refractivity contribution in [2.24, 2.45) is 5.92 Å². The van der Waals surface area contributed by atoms with Gasteiger partial charge in [0.05, 0.1) is 13.3 Å². The molecule has 0 amide bonds. The zero-order valence-electron chi connectivity index (χ0n) is 6.81. The van der Waals surface area contributed by atoms with Crippen molar-refractivity contribution >= 4 is 0 Å². The molecule has 1 atom stereocenters. The zero-order valence-corrected chi connectivity index (χ0v) is 6.81. The summed E-state index contributed by atoms with van der Waals surface area (Å²) in [4.78, 5) is 0. The monoisotopic (exact) mass is 161 g/mol. The van der Waals surface area contributed by atoms with Crippen molar-refractivity contribution in [1.82, 2.24) is 5.32 Å². The Hall–Kier alpha value is -0.150. The SMILES string of the molecule is FCCCOCC1CCNC1. The van der Waals surface area contributed by atoms with Gasteiger partial charge in [-0.25, -0.2) is 0 Å². The van der Waals surface area contributed by atoms with Crippen LogP contribution in [-0.2, 0) is 4.74 Å². The van der Waals surface area contributed by atoms with Crippen LogP contribution in [0.5, 0.6) is 0 Å². The zero-order chi connectivity index (χ0) is 7.94. The number of rotatable bonds is 5. The Morgan fingerprint density at radius 2 is 2.45 bits per heavy atom. The van der Waals surface area contributed by atoms with Crippen LogP contribution in [0.3, 0.4) is 0 Å². The molecule has 1 unspecified atom stereocenters. The van der Waals surface area contributed by atoms with Gasteiger partial charge in [0.1, 0.15) is 0 Å². The maximum absolute atomic E-state index is 11.6. The van der Waals surface area contributed by atoms with Crippen molar-refractivity contribution in [2.75, 3.05) is 33.0 Å². The molecule has 2 nitrogen and oxygen atoms in total. The number of halogens is 1. The predicted molar refractivity (Wildman–Crippen MR) is 42.4 cm³/mol. The van der Waals surface area contributed by atoms with Crippen LogP contribution < -0.4 is 5.32 Å². The number of hydrogen-bond donors (Lipinski definition) is 1. The van der Waals surface area contributed by atoms with Crippen molar-refractivity contribution < 1.29 is 9.13 Å². The van der Waals surface area contributed by atoms with Crippen LogP contribution in [0.4, 0.5) is 4.39 Å². The summed E-state index contributed by atoms with van der Waals surface area (Å²) in [5.41, 5.74) is 0. The van der Waals surface area contributed by atoms with Gasteiger partial charge in [0.15, 0.2) is 0 Å². The molecule has 0 aromatic heterocycles. The van der Waals surface area contributed by atoms with Crippen LogP contribution >= 0.6 is 0 Å². The summed E-state index contributed by atoms with van der Waals surface area (Å²) in [6.07, 6.45) is 1.75. The highest BCUT2D eigenvalue weighted by atomic mass is 19.1. The summed E-state index contributed by atoms with van der Waals surface area (Å²) in [5.74, 6) is 0.662. The molecule has 1 fully saturated rings. The Kier molecular flexibility index (Phi) is 4.47. The van der Waals surface area contributed by atoms with Crippen LogP contribution in [0.25, 0.3) is 0 Å². The van der Waals surface area contributed by atoms with Gasteiger partial charge in [-0.2, -0.15) is 0 Å². The van der Waals surface area contributed by atoms with Gasteiger partial charge >= 0.3 is 0 Å². The first-order valence-electron chi connectivity index (χ1n) is 4.28. The fraction of sp³-hybridized carbons (Fsp3) is 1.00. The van der Waals surface area contributed by atoms with Gasteiger partial charge in [-0.15, -0.1) is 0 Å². The van der Waals surface area contributed by atoms with E-state index in [1.165, 1.54) is 6.42 Å². The highest BCUT2D eigenvalue weighted by Gasteiger charge is 2.13. The van der Waals surface area contributed by atoms with Gasteiger partial charge in [0.25, 0.3) is 0 Å². The fourth-order valence-electron chi connectivity index (χ4n) is 1.26. The second-order valence-electron chi connectivity index (χ2n) is 2.98. The van der Waals surface area contributed by atoms with E-state index >= 15 is 0 Å². The van der Waals surface area contributed by atoms with E-state index in [0.717, 1.165) is 19.7 Å². The fourth-order valence-corrected chi connectivity index (χ4v) is 1.26. The largest absolute Gasteiger partial charge is 0.381 e. The minimum Gasteiger partial charge on any atom is -0.381 e. The van der Waals surface area contributed by atoms with E-state index in [2.05, 4.69) is 5.32 Å². The van der Waals surface area contributed by atoms with Gasteiger partial charge in [0.2, 0.25) is 0 Å². The van der Waals surface area contributed by atoms with Crippen LogP contribution in [0.1, 0.15) is 12.8 Å². The third-order valence-corrected chi connectivity index (χ3v) is 1.94. The Bertz CT molecular complexity index is 94.1. The topological polar surface area (TPSA) is 21.3 Å². The first kappa shape index (κ1) is 8.94. The molecular weight excluding hydrogens is 145 g/mol. The second-order valence-corrected chi connectivity index (χ2v) is 2.98. The molecule has 0 bridgehead atoms. The summed E-state index contributed by atoms with van der Waals surface area (Å²) >= 11 is 0. The van der Waals surface area contributed by atoms with Gasteiger partial charge in [0, 0.05) is 13.2 Å². The van der Waals surface area contributed by atoms with E-state index < -0.39 is 0 Å². The molecule has 1 aliphatic rings. The molecule has 0 aromatic carbocycles. The lowest BCUT2D eigenvalue weighted by molar-refractivity contribution is 0.0990. The molecule has 3 heteroatoms. The second kappa shape index (κ2) is 5.49. The van der Waals surface area contributed by atoms with E-state index in [1.54, 1.807) is 0 Å². The minimum atomic E-state index is -0.261. The van der Waals surface area contributed by atoms with Crippen LogP contribution in [0.2, 0.25) is 0 Å². The molecule has 0 aromatic rings. The highest BCUT2D eigenvalue weighted by Crippen LogP contribution is 2.07. The van der Waals surface area contributed by atoms with Crippen LogP contribution in [0, 0.1) is 5.92 Å². The molecule has 11 heavy (non-hydrogen) atoms. The Morgan fingerprint density at radius 3 is 3.09 bits per heavy atom. The molecule has 0 saturated carbocycles. The summed E-state index contributed by atoms with van der Waals surface area (Å²) in [7, 11) is 0. The maximum Gasteiger partial charge on any atom is 0.0916 e. The first-order valence-corrected chi connectivity index (χ1v) is 4.28. The number of alkyl halides is 1. The lowest BCUT2D eigenvalue weighted by atomic mass is 10.1. The van der Waals surface area contributed by atoms with E-state index in [-0.39, 0.29) is 6.67 Å². The number of nitrogens with one attached hydrogen (secondary N) is 1. The smallest absolute Gasteiger partial charge is 0.0916 e. The summed E-state index contributed by atoms with van der Waals surface area (Å²) in [5, 5.41) is 3.26. The average Bonchev–Trinajstić information content (AvgIpc) is 2.50. The van der Waals surface area contributed by atoms with E-state index in [4.69, 9.17) is 4.74 Å². The Labute approximate surface area is 67.1 Å². The Balaban J connectivity index is 1.86. The van der Waals surface area contributed by atoms with Gasteiger partial charge in [-0.05, 0) is 25.3 Å². The predicted octanol–water partition coefficient (Wildman–Crippen LogP) is 0.972. The number of hydrogen-bond acceptors (Lipinski definition) is 2. The molecule has 1 saturated heterocycles. The van der Waals surface area contributed by atoms with Gasteiger partial charge in [-0.1, -0.05) is 0 Å². The standard InChI is InChI=1S/C8H16FNO/c9-3-1-5-11-7-8-2-4-10-6-8/h8,10H,1-7H2. The molecule has 1 N–H and O–H groups in total. The molecule has 0 spiro atoms. The van der Waals surface area contributed by atoms with Crippen molar-refractivity contribution in [3.8, 4) is 0 Å². The summed E-state index contributed by atoms with van der Waals surface area (Å²) in [6, 6.07) is 0. The van der Waals surface area contributed by atoms with E-state index in [0.29, 0.717) is 18.9 Å². The molecular formula is C8H16FNO. The normalized spacial score (nSPS) is 24.3. The van der Waals surface area contributed by atoms with Crippen molar-refractivity contribution in [2.45, 2.75) is 12.8 Å². The van der Waals surface area contributed by atoms with Crippen LogP contribution in [-0.4, -0.2) is 33.0 Å². The van der Waals surface area contributed by atoms with Gasteiger partial charge < -0.3 is 10.1 Å². The molecule has 1 aliphatic heterocycles. The van der Waals surface area contributed by atoms with Crippen molar-refractivity contribution in [3.63, 3.8) is 0 Å². The molecule has 0 radical (unpaired) electrons. The summed E-state index contributed by atoms with van der Waals surface area (Å²) in [6.45, 7) is 3.29. The highest BCUT2D eigenvalue weighted by molar-refractivity contribution is 4.69.